The molecule has 0 atom stereocenters. The lowest BCUT2D eigenvalue weighted by Gasteiger charge is -2.11. The summed E-state index contributed by atoms with van der Waals surface area (Å²) in [7, 11) is 1.87. The maximum absolute atomic E-state index is 2.43. The molecule has 40 valence electrons. The summed E-state index contributed by atoms with van der Waals surface area (Å²) in [5, 5.41) is 0. The SMILES string of the molecule is C[Si][Si][Si](C)(C)C. The minimum atomic E-state index is -0.617. The standard InChI is InChI=1S/C4H12Si3/c1-5-6-7(2,3)4/h1-4H3. The highest BCUT2D eigenvalue weighted by molar-refractivity contribution is 7.42. The Hall–Kier alpha value is 0.651. The van der Waals surface area contributed by atoms with E-state index in [1.807, 2.05) is 0 Å². The van der Waals surface area contributed by atoms with Gasteiger partial charge in [0.2, 0.25) is 0 Å². The molecule has 0 heterocycles. The summed E-state index contributed by atoms with van der Waals surface area (Å²) in [6.07, 6.45) is 0. The first-order valence-corrected chi connectivity index (χ1v) is 10.5. The summed E-state index contributed by atoms with van der Waals surface area (Å²) in [5.74, 6) is 0. The van der Waals surface area contributed by atoms with Gasteiger partial charge in [0.1, 0.15) is 0 Å². The largest absolute Gasteiger partial charge is 0.0761 e. The van der Waals surface area contributed by atoms with Crippen LogP contribution in [-0.2, 0) is 0 Å². The van der Waals surface area contributed by atoms with E-state index < -0.39 is 7.59 Å². The number of hydrogen-bond donors (Lipinski definition) is 0. The highest BCUT2D eigenvalue weighted by Crippen LogP contribution is 1.94. The number of hydrogen-bond acceptors (Lipinski definition) is 0. The number of rotatable bonds is 2. The zero-order valence-corrected chi connectivity index (χ0v) is 8.50. The van der Waals surface area contributed by atoms with E-state index in [1.165, 1.54) is 17.6 Å². The van der Waals surface area contributed by atoms with E-state index in [2.05, 4.69) is 26.2 Å². The van der Waals surface area contributed by atoms with Crippen LogP contribution >= 0.6 is 0 Å². The van der Waals surface area contributed by atoms with Gasteiger partial charge in [0, 0.05) is 25.2 Å². The van der Waals surface area contributed by atoms with Crippen molar-refractivity contribution < 1.29 is 0 Å². The molecule has 0 amide bonds. The van der Waals surface area contributed by atoms with Crippen LogP contribution in [0.4, 0.5) is 0 Å². The van der Waals surface area contributed by atoms with Gasteiger partial charge in [-0.1, -0.05) is 26.2 Å². The minimum Gasteiger partial charge on any atom is -0.0761 e. The van der Waals surface area contributed by atoms with Crippen molar-refractivity contribution in [3.05, 3.63) is 0 Å². The molecule has 0 aromatic rings. The van der Waals surface area contributed by atoms with Crippen molar-refractivity contribution in [3.63, 3.8) is 0 Å². The summed E-state index contributed by atoms with van der Waals surface area (Å²) in [6, 6.07) is 0. The van der Waals surface area contributed by atoms with Gasteiger partial charge >= 0.3 is 0 Å². The first-order chi connectivity index (χ1) is 3.06. The van der Waals surface area contributed by atoms with Crippen molar-refractivity contribution in [1.29, 1.82) is 0 Å². The van der Waals surface area contributed by atoms with Crippen molar-refractivity contribution in [1.82, 2.24) is 0 Å². The summed E-state index contributed by atoms with van der Waals surface area (Å²) >= 11 is 0. The molecule has 0 aliphatic rings. The molecule has 7 heavy (non-hydrogen) atoms. The van der Waals surface area contributed by atoms with Gasteiger partial charge in [-0.05, 0) is 0 Å². The van der Waals surface area contributed by atoms with E-state index in [4.69, 9.17) is 0 Å². The van der Waals surface area contributed by atoms with Crippen molar-refractivity contribution in [2.45, 2.75) is 26.2 Å². The van der Waals surface area contributed by atoms with Gasteiger partial charge in [0.05, 0.1) is 0 Å². The average Bonchev–Trinajstić information content (AvgIpc) is 1.30. The molecule has 0 saturated carbocycles. The molecule has 0 saturated heterocycles. The lowest BCUT2D eigenvalue weighted by atomic mass is 11.8. The van der Waals surface area contributed by atoms with Crippen molar-refractivity contribution >= 4 is 25.2 Å². The van der Waals surface area contributed by atoms with Gasteiger partial charge in [-0.2, -0.15) is 0 Å². The Kier molecular flexibility index (Phi) is 3.10. The highest BCUT2D eigenvalue weighted by Gasteiger charge is 2.10. The Morgan fingerprint density at radius 1 is 1.14 bits per heavy atom. The molecule has 3 heteroatoms. The van der Waals surface area contributed by atoms with Crippen LogP contribution in [0.2, 0.25) is 26.2 Å². The van der Waals surface area contributed by atoms with Gasteiger partial charge in [-0.15, -0.1) is 0 Å². The van der Waals surface area contributed by atoms with Gasteiger partial charge in [0.25, 0.3) is 0 Å². The van der Waals surface area contributed by atoms with E-state index >= 15 is 0 Å². The molecule has 0 aliphatic carbocycles. The van der Waals surface area contributed by atoms with E-state index in [9.17, 15) is 0 Å². The summed E-state index contributed by atoms with van der Waals surface area (Å²) in [4.78, 5) is 0. The average molecular weight is 144 g/mol. The van der Waals surface area contributed by atoms with Crippen molar-refractivity contribution in [3.8, 4) is 0 Å². The molecular formula is C4H12Si3. The molecule has 0 N–H and O–H groups in total. The second-order valence-corrected chi connectivity index (χ2v) is 16.9. The predicted octanol–water partition coefficient (Wildman–Crippen LogP) is 1.19. The summed E-state index contributed by atoms with van der Waals surface area (Å²) < 4.78 is 0. The third-order valence-electron chi connectivity index (χ3n) is 0.500. The van der Waals surface area contributed by atoms with E-state index in [0.717, 1.165) is 0 Å². The van der Waals surface area contributed by atoms with Crippen LogP contribution in [0.1, 0.15) is 0 Å². The maximum Gasteiger partial charge on any atom is 0.0292 e. The summed E-state index contributed by atoms with van der Waals surface area (Å²) in [6.45, 7) is 9.60. The van der Waals surface area contributed by atoms with Crippen LogP contribution < -0.4 is 0 Å². The molecular weight excluding hydrogens is 132 g/mol. The first kappa shape index (κ1) is 7.65. The maximum atomic E-state index is 2.43. The van der Waals surface area contributed by atoms with E-state index in [1.54, 1.807) is 0 Å². The molecule has 0 aromatic heterocycles. The molecule has 0 spiro atoms. The predicted molar refractivity (Wildman–Crippen MR) is 40.7 cm³/mol. The fraction of sp³-hybridized carbons (Fsp3) is 1.00. The lowest BCUT2D eigenvalue weighted by molar-refractivity contribution is 1.86. The molecule has 4 radical (unpaired) electrons. The second-order valence-electron chi connectivity index (χ2n) is 2.62. The topological polar surface area (TPSA) is 0 Å². The van der Waals surface area contributed by atoms with Crippen molar-refractivity contribution in [2.75, 3.05) is 0 Å². The quantitative estimate of drug-likeness (QED) is 0.511. The van der Waals surface area contributed by atoms with Crippen LogP contribution in [0.15, 0.2) is 0 Å². The molecule has 0 nitrogen and oxygen atoms in total. The molecule has 0 aliphatic heterocycles. The Labute approximate surface area is 51.9 Å². The van der Waals surface area contributed by atoms with Crippen LogP contribution in [-0.4, -0.2) is 25.2 Å². The fourth-order valence-corrected chi connectivity index (χ4v) is 10.1. The van der Waals surface area contributed by atoms with Crippen LogP contribution in [0.3, 0.4) is 0 Å². The Morgan fingerprint density at radius 3 is 1.57 bits per heavy atom. The monoisotopic (exact) mass is 144 g/mol. The van der Waals surface area contributed by atoms with Crippen LogP contribution in [0, 0.1) is 0 Å². The molecule has 0 bridgehead atoms. The lowest BCUT2D eigenvalue weighted by Crippen LogP contribution is -2.33. The van der Waals surface area contributed by atoms with E-state index in [0.29, 0.717) is 0 Å². The Balaban J connectivity index is 3.15. The second kappa shape index (κ2) is 2.84. The third-order valence-corrected chi connectivity index (χ3v) is 13.5. The fourth-order valence-electron chi connectivity index (χ4n) is 0.375. The van der Waals surface area contributed by atoms with Crippen LogP contribution in [0.25, 0.3) is 0 Å². The molecule has 0 rings (SSSR count). The van der Waals surface area contributed by atoms with Gasteiger partial charge in [0.15, 0.2) is 0 Å². The van der Waals surface area contributed by atoms with E-state index in [-0.39, 0.29) is 0 Å². The Bertz CT molecular complexity index is 45.4. The molecule has 0 fully saturated rings. The summed E-state index contributed by atoms with van der Waals surface area (Å²) in [5.41, 5.74) is 0. The Morgan fingerprint density at radius 2 is 1.57 bits per heavy atom. The van der Waals surface area contributed by atoms with Crippen molar-refractivity contribution in [2.24, 2.45) is 0 Å². The highest BCUT2D eigenvalue weighted by atomic mass is 29.6. The van der Waals surface area contributed by atoms with Crippen LogP contribution in [0.5, 0.6) is 0 Å². The van der Waals surface area contributed by atoms with Gasteiger partial charge < -0.3 is 0 Å². The van der Waals surface area contributed by atoms with Gasteiger partial charge in [-0.3, -0.25) is 0 Å². The third kappa shape index (κ3) is 6.65. The zero-order valence-electron chi connectivity index (χ0n) is 5.50. The molecule has 0 aromatic carbocycles. The smallest absolute Gasteiger partial charge is 0.0292 e. The minimum absolute atomic E-state index is 0.617. The zero-order chi connectivity index (χ0) is 5.91. The molecule has 0 unspecified atom stereocenters. The normalized spacial score (nSPS) is 12.0. The van der Waals surface area contributed by atoms with Gasteiger partial charge in [-0.25, -0.2) is 0 Å². The first-order valence-electron chi connectivity index (χ1n) is 2.50.